The van der Waals surface area contributed by atoms with Crippen LogP contribution in [0, 0.1) is 30.6 Å². The fraction of sp³-hybridized carbons (Fsp3) is 0.400. The van der Waals surface area contributed by atoms with Crippen LogP contribution in [0.2, 0.25) is 0 Å². The largest absolute Gasteiger partial charge is 0.377 e. The maximum atomic E-state index is 10.9. The van der Waals surface area contributed by atoms with Gasteiger partial charge in [-0.2, -0.15) is 4.98 Å². The van der Waals surface area contributed by atoms with Gasteiger partial charge in [-0.25, -0.2) is 15.0 Å². The zero-order valence-corrected chi connectivity index (χ0v) is 15.1. The minimum absolute atomic E-state index is 0.163. The third kappa shape index (κ3) is 2.64. The fourth-order valence-electron chi connectivity index (χ4n) is 4.57. The Balaban J connectivity index is 1.56. The lowest BCUT2D eigenvalue weighted by Gasteiger charge is -2.26. The number of hydrogen-bond acceptors (Lipinski definition) is 6. The summed E-state index contributed by atoms with van der Waals surface area (Å²) in [6, 6.07) is 5.82. The molecular weight excluding hydrogens is 340 g/mol. The van der Waals surface area contributed by atoms with E-state index in [-0.39, 0.29) is 5.95 Å². The van der Waals surface area contributed by atoms with Crippen molar-refractivity contribution in [2.75, 3.05) is 5.73 Å². The lowest BCUT2D eigenvalue weighted by molar-refractivity contribution is 0.0438. The van der Waals surface area contributed by atoms with Crippen molar-refractivity contribution >= 4 is 17.0 Å². The molecule has 3 aromatic rings. The molecule has 7 nitrogen and oxygen atoms in total. The zero-order chi connectivity index (χ0) is 18.6. The maximum Gasteiger partial charge on any atom is 0.240 e. The molecular formula is C20H20N6O. The number of nitrogen functional groups attached to an aromatic ring is 1. The first-order valence-electron chi connectivity index (χ1n) is 9.21. The van der Waals surface area contributed by atoms with Gasteiger partial charge in [-0.3, -0.25) is 4.57 Å². The van der Waals surface area contributed by atoms with Crippen molar-refractivity contribution in [3.05, 3.63) is 35.9 Å². The van der Waals surface area contributed by atoms with E-state index in [1.165, 1.54) is 12.7 Å². The number of imidazole rings is 1. The third-order valence-corrected chi connectivity index (χ3v) is 5.84. The van der Waals surface area contributed by atoms with Crippen molar-refractivity contribution in [2.24, 2.45) is 11.8 Å². The standard InChI is InChI=1S/C20H20N6O/c1-12-24-16-5-3-13(6-7-20(27)10-14-2-4-15(20)8-14)9-17(16)26(12)19-23-11-22-18(21)25-19/h3,5,9,11,14-15,27H,2,4,8,10H2,1H3,(H2,21,22,23,25)/t14-,15+,20?/m1/s1. The van der Waals surface area contributed by atoms with Gasteiger partial charge < -0.3 is 10.8 Å². The molecule has 136 valence electrons. The molecule has 2 saturated carbocycles. The molecule has 3 atom stereocenters. The van der Waals surface area contributed by atoms with Crippen LogP contribution in [0.5, 0.6) is 0 Å². The summed E-state index contributed by atoms with van der Waals surface area (Å²) in [4.78, 5) is 16.8. The molecule has 2 fully saturated rings. The lowest BCUT2D eigenvalue weighted by Crippen LogP contribution is -2.33. The number of hydrogen-bond donors (Lipinski definition) is 2. The molecule has 3 N–H and O–H groups in total. The molecule has 27 heavy (non-hydrogen) atoms. The van der Waals surface area contributed by atoms with Crippen LogP contribution in [0.3, 0.4) is 0 Å². The molecule has 0 aliphatic heterocycles. The number of aromatic nitrogens is 5. The highest BCUT2D eigenvalue weighted by Crippen LogP contribution is 2.50. The average molecular weight is 360 g/mol. The van der Waals surface area contributed by atoms with Crippen LogP contribution < -0.4 is 5.73 Å². The smallest absolute Gasteiger partial charge is 0.240 e. The molecule has 2 bridgehead atoms. The van der Waals surface area contributed by atoms with Crippen LogP contribution in [0.25, 0.3) is 17.0 Å². The normalized spacial score (nSPS) is 26.3. The van der Waals surface area contributed by atoms with E-state index < -0.39 is 5.60 Å². The number of nitrogens with zero attached hydrogens (tertiary/aromatic N) is 5. The van der Waals surface area contributed by atoms with E-state index in [4.69, 9.17) is 5.73 Å². The van der Waals surface area contributed by atoms with Crippen LogP contribution in [0.4, 0.5) is 5.95 Å². The maximum absolute atomic E-state index is 10.9. The van der Waals surface area contributed by atoms with Crippen molar-refractivity contribution in [3.8, 4) is 17.8 Å². The monoisotopic (exact) mass is 360 g/mol. The summed E-state index contributed by atoms with van der Waals surface area (Å²) < 4.78 is 1.84. The Labute approximate surface area is 156 Å². The van der Waals surface area contributed by atoms with Crippen molar-refractivity contribution in [1.82, 2.24) is 24.5 Å². The van der Waals surface area contributed by atoms with E-state index in [1.54, 1.807) is 0 Å². The highest BCUT2D eigenvalue weighted by atomic mass is 16.3. The fourth-order valence-corrected chi connectivity index (χ4v) is 4.57. The summed E-state index contributed by atoms with van der Waals surface area (Å²) >= 11 is 0. The van der Waals surface area contributed by atoms with E-state index >= 15 is 0 Å². The molecule has 0 saturated heterocycles. The van der Waals surface area contributed by atoms with Crippen LogP contribution in [0.15, 0.2) is 24.5 Å². The highest BCUT2D eigenvalue weighted by molar-refractivity contribution is 5.79. The van der Waals surface area contributed by atoms with Crippen LogP contribution >= 0.6 is 0 Å². The molecule has 1 aromatic carbocycles. The summed E-state index contributed by atoms with van der Waals surface area (Å²) in [6.45, 7) is 1.89. The van der Waals surface area contributed by atoms with Gasteiger partial charge in [0.05, 0.1) is 11.0 Å². The Hall–Kier alpha value is -2.98. The number of fused-ring (bicyclic) bond motifs is 3. The van der Waals surface area contributed by atoms with E-state index in [9.17, 15) is 5.11 Å². The Morgan fingerprint density at radius 1 is 1.26 bits per heavy atom. The first kappa shape index (κ1) is 16.2. The second-order valence-electron chi connectivity index (χ2n) is 7.60. The average Bonchev–Trinajstić information content (AvgIpc) is 3.31. The zero-order valence-electron chi connectivity index (χ0n) is 15.1. The predicted molar refractivity (Wildman–Crippen MR) is 101 cm³/mol. The summed E-state index contributed by atoms with van der Waals surface area (Å²) in [7, 11) is 0. The molecule has 0 radical (unpaired) electrons. The van der Waals surface area contributed by atoms with Crippen molar-refractivity contribution < 1.29 is 5.11 Å². The summed E-state index contributed by atoms with van der Waals surface area (Å²) in [6.07, 6.45) is 5.61. The molecule has 1 unspecified atom stereocenters. The van der Waals surface area contributed by atoms with Gasteiger partial charge in [0.25, 0.3) is 0 Å². The van der Waals surface area contributed by atoms with Gasteiger partial charge in [0.1, 0.15) is 17.8 Å². The Kier molecular flexibility index (Phi) is 3.46. The van der Waals surface area contributed by atoms with Gasteiger partial charge in [0.2, 0.25) is 11.9 Å². The molecule has 2 heterocycles. The van der Waals surface area contributed by atoms with Gasteiger partial charge in [-0.15, -0.1) is 0 Å². The van der Waals surface area contributed by atoms with E-state index in [2.05, 4.69) is 31.8 Å². The van der Waals surface area contributed by atoms with Crippen LogP contribution in [-0.4, -0.2) is 35.2 Å². The molecule has 0 amide bonds. The number of anilines is 1. The van der Waals surface area contributed by atoms with Gasteiger partial charge >= 0.3 is 0 Å². The van der Waals surface area contributed by atoms with Crippen LogP contribution in [-0.2, 0) is 0 Å². The van der Waals surface area contributed by atoms with E-state index in [1.807, 2.05) is 29.7 Å². The Morgan fingerprint density at radius 3 is 2.89 bits per heavy atom. The van der Waals surface area contributed by atoms with Crippen molar-refractivity contribution in [3.63, 3.8) is 0 Å². The number of aliphatic hydroxyl groups is 1. The Bertz CT molecular complexity index is 1110. The minimum atomic E-state index is -0.837. The molecule has 2 aromatic heterocycles. The van der Waals surface area contributed by atoms with Gasteiger partial charge in [-0.05, 0) is 62.6 Å². The predicted octanol–water partition coefficient (Wildman–Crippen LogP) is 2.00. The van der Waals surface area contributed by atoms with Gasteiger partial charge in [0, 0.05) is 5.56 Å². The molecule has 0 spiro atoms. The Morgan fingerprint density at radius 2 is 2.15 bits per heavy atom. The molecule has 2 aliphatic carbocycles. The first-order valence-corrected chi connectivity index (χ1v) is 9.21. The molecule has 5 rings (SSSR count). The van der Waals surface area contributed by atoms with Gasteiger partial charge in [0.15, 0.2) is 0 Å². The minimum Gasteiger partial charge on any atom is -0.377 e. The van der Waals surface area contributed by atoms with Crippen LogP contribution in [0.1, 0.15) is 37.1 Å². The quantitative estimate of drug-likeness (QED) is 0.644. The highest BCUT2D eigenvalue weighted by Gasteiger charge is 2.49. The first-order chi connectivity index (χ1) is 13.0. The second kappa shape index (κ2) is 5.76. The lowest BCUT2D eigenvalue weighted by atomic mass is 9.84. The SMILES string of the molecule is Cc1nc2ccc(C#CC3(O)C[C@@H]4CC[C@H]3C4)cc2n1-c1ncnc(N)n1. The summed E-state index contributed by atoms with van der Waals surface area (Å²) in [5, 5.41) is 10.9. The van der Waals surface area contributed by atoms with E-state index in [0.29, 0.717) is 17.8 Å². The van der Waals surface area contributed by atoms with E-state index in [0.717, 1.165) is 41.7 Å². The topological polar surface area (TPSA) is 103 Å². The van der Waals surface area contributed by atoms with Crippen molar-refractivity contribution in [1.29, 1.82) is 0 Å². The third-order valence-electron chi connectivity index (χ3n) is 5.84. The number of aryl methyl sites for hydroxylation is 1. The molecule has 7 heteroatoms. The van der Waals surface area contributed by atoms with Crippen molar-refractivity contribution in [2.45, 2.75) is 38.2 Å². The second-order valence-corrected chi connectivity index (χ2v) is 7.60. The van der Waals surface area contributed by atoms with Gasteiger partial charge in [-0.1, -0.05) is 11.8 Å². The number of benzene rings is 1. The molecule has 2 aliphatic rings. The number of rotatable bonds is 1. The number of nitrogens with two attached hydrogens (primary N) is 1. The summed E-state index contributed by atoms with van der Waals surface area (Å²) in [5.74, 6) is 8.65. The summed E-state index contributed by atoms with van der Waals surface area (Å²) in [5.41, 5.74) is 7.38.